The molecule has 1 aliphatic carbocycles. The van der Waals surface area contributed by atoms with E-state index in [9.17, 15) is 4.79 Å². The predicted octanol–water partition coefficient (Wildman–Crippen LogP) is 3.28. The fourth-order valence-electron chi connectivity index (χ4n) is 3.22. The molecule has 1 N–H and O–H groups in total. The fraction of sp³-hybridized carbons (Fsp3) is 0.278. The molecule has 2 aromatic rings. The zero-order valence-corrected chi connectivity index (χ0v) is 11.3. The van der Waals surface area contributed by atoms with Crippen molar-refractivity contribution in [2.24, 2.45) is 5.92 Å². The van der Waals surface area contributed by atoms with E-state index in [1.165, 1.54) is 16.7 Å². The third-order valence-corrected chi connectivity index (χ3v) is 4.48. The maximum atomic E-state index is 12.6. The molecule has 1 heterocycles. The van der Waals surface area contributed by atoms with Crippen molar-refractivity contribution in [3.05, 3.63) is 70.8 Å². The topological polar surface area (TPSA) is 29.1 Å². The van der Waals surface area contributed by atoms with Gasteiger partial charge in [0.15, 0.2) is 5.78 Å². The Balaban J connectivity index is 1.55. The maximum Gasteiger partial charge on any atom is 0.166 e. The van der Waals surface area contributed by atoms with E-state index < -0.39 is 0 Å². The molecule has 2 aromatic carbocycles. The first-order valence-corrected chi connectivity index (χ1v) is 7.24. The molecule has 0 amide bonds. The maximum absolute atomic E-state index is 12.6. The van der Waals surface area contributed by atoms with E-state index >= 15 is 0 Å². The van der Waals surface area contributed by atoms with E-state index in [2.05, 4.69) is 41.7 Å². The number of hydrogen-bond acceptors (Lipinski definition) is 2. The molecule has 0 bridgehead atoms. The number of Topliss-reactive ketones (excluding diaryl/α,β-unsaturated/α-hetero) is 1. The molecular weight excluding hydrogens is 246 g/mol. The Hall–Kier alpha value is -1.93. The first-order chi connectivity index (χ1) is 9.83. The summed E-state index contributed by atoms with van der Waals surface area (Å²) in [5.74, 6) is 0.924. The summed E-state index contributed by atoms with van der Waals surface area (Å²) in [4.78, 5) is 12.6. The van der Waals surface area contributed by atoms with Crippen molar-refractivity contribution in [3.8, 4) is 0 Å². The predicted molar refractivity (Wildman–Crippen MR) is 78.6 cm³/mol. The van der Waals surface area contributed by atoms with Crippen molar-refractivity contribution in [3.63, 3.8) is 0 Å². The number of fused-ring (bicyclic) bond motifs is 1. The molecule has 1 aliphatic heterocycles. The Bertz CT molecular complexity index is 662. The van der Waals surface area contributed by atoms with Gasteiger partial charge in [0.2, 0.25) is 0 Å². The van der Waals surface area contributed by atoms with E-state index in [4.69, 9.17) is 0 Å². The second-order valence-corrected chi connectivity index (χ2v) is 5.81. The Morgan fingerprint density at radius 2 is 1.80 bits per heavy atom. The van der Waals surface area contributed by atoms with E-state index in [0.717, 1.165) is 25.1 Å². The van der Waals surface area contributed by atoms with Crippen molar-refractivity contribution in [1.29, 1.82) is 0 Å². The molecule has 0 spiro atoms. The third kappa shape index (κ3) is 1.97. The number of nitrogens with one attached hydrogen (secondary N) is 1. The van der Waals surface area contributed by atoms with Crippen LogP contribution in [0.15, 0.2) is 48.5 Å². The lowest BCUT2D eigenvalue weighted by Gasteiger charge is -2.04. The van der Waals surface area contributed by atoms with Gasteiger partial charge in [-0.1, -0.05) is 42.5 Å². The summed E-state index contributed by atoms with van der Waals surface area (Å²) in [5.41, 5.74) is 4.80. The molecular formula is C18H17NO. The molecule has 20 heavy (non-hydrogen) atoms. The number of benzene rings is 2. The summed E-state index contributed by atoms with van der Waals surface area (Å²) in [7, 11) is 0. The van der Waals surface area contributed by atoms with E-state index in [1.54, 1.807) is 0 Å². The lowest BCUT2D eigenvalue weighted by atomic mass is 9.99. The number of carbonyl (C=O) groups excluding carboxylic acids is 1. The van der Waals surface area contributed by atoms with Crippen LogP contribution in [-0.2, 0) is 13.1 Å². The first-order valence-electron chi connectivity index (χ1n) is 7.24. The Morgan fingerprint density at radius 1 is 1.00 bits per heavy atom. The SMILES string of the molecule is O=C(c1ccc2c(c1)CNC2)C1CC1c1ccccc1. The van der Waals surface area contributed by atoms with Crippen LogP contribution in [0.1, 0.15) is 39.4 Å². The van der Waals surface area contributed by atoms with E-state index in [-0.39, 0.29) is 5.92 Å². The number of hydrogen-bond donors (Lipinski definition) is 1. The summed E-state index contributed by atoms with van der Waals surface area (Å²) < 4.78 is 0. The van der Waals surface area contributed by atoms with Gasteiger partial charge in [0.05, 0.1) is 0 Å². The van der Waals surface area contributed by atoms with Crippen LogP contribution in [-0.4, -0.2) is 5.78 Å². The summed E-state index contributed by atoms with van der Waals surface area (Å²) in [6.45, 7) is 1.82. The largest absolute Gasteiger partial charge is 0.309 e. The first kappa shape index (κ1) is 11.9. The van der Waals surface area contributed by atoms with Crippen LogP contribution in [0.3, 0.4) is 0 Å². The molecule has 4 rings (SSSR count). The van der Waals surface area contributed by atoms with E-state index in [0.29, 0.717) is 11.7 Å². The minimum Gasteiger partial charge on any atom is -0.309 e. The van der Waals surface area contributed by atoms with Crippen LogP contribution in [0.5, 0.6) is 0 Å². The molecule has 1 fully saturated rings. The number of rotatable bonds is 3. The van der Waals surface area contributed by atoms with Gasteiger partial charge in [-0.2, -0.15) is 0 Å². The standard InChI is InChI=1S/C18H17NO/c20-18(13-6-7-14-10-19-11-15(14)8-13)17-9-16(17)12-4-2-1-3-5-12/h1-8,16-17,19H,9-11H2. The second kappa shape index (κ2) is 4.57. The molecule has 2 aliphatic rings. The zero-order valence-electron chi connectivity index (χ0n) is 11.3. The van der Waals surface area contributed by atoms with Crippen molar-refractivity contribution in [2.75, 3.05) is 0 Å². The molecule has 2 unspecified atom stereocenters. The van der Waals surface area contributed by atoms with Crippen LogP contribution < -0.4 is 5.32 Å². The summed E-state index contributed by atoms with van der Waals surface area (Å²) in [6.07, 6.45) is 0.998. The summed E-state index contributed by atoms with van der Waals surface area (Å²) in [5, 5.41) is 3.32. The minimum atomic E-state index is 0.185. The molecule has 2 heteroatoms. The Kier molecular flexibility index (Phi) is 2.71. The van der Waals surface area contributed by atoms with Crippen molar-refractivity contribution in [2.45, 2.75) is 25.4 Å². The smallest absolute Gasteiger partial charge is 0.166 e. The van der Waals surface area contributed by atoms with Gasteiger partial charge in [-0.25, -0.2) is 0 Å². The fourth-order valence-corrected chi connectivity index (χ4v) is 3.22. The van der Waals surface area contributed by atoms with Gasteiger partial charge < -0.3 is 5.32 Å². The van der Waals surface area contributed by atoms with Crippen LogP contribution in [0.25, 0.3) is 0 Å². The summed E-state index contributed by atoms with van der Waals surface area (Å²) in [6, 6.07) is 16.6. The Labute approximate surface area is 118 Å². The molecule has 2 nitrogen and oxygen atoms in total. The molecule has 0 saturated heterocycles. The second-order valence-electron chi connectivity index (χ2n) is 5.81. The Morgan fingerprint density at radius 3 is 2.65 bits per heavy atom. The minimum absolute atomic E-state index is 0.185. The van der Waals surface area contributed by atoms with Crippen LogP contribution >= 0.6 is 0 Å². The normalized spacial score (nSPS) is 23.4. The quantitative estimate of drug-likeness (QED) is 0.861. The highest BCUT2D eigenvalue weighted by Crippen LogP contribution is 2.49. The lowest BCUT2D eigenvalue weighted by Crippen LogP contribution is -2.04. The highest BCUT2D eigenvalue weighted by Gasteiger charge is 2.43. The number of ketones is 1. The lowest BCUT2D eigenvalue weighted by molar-refractivity contribution is 0.0965. The van der Waals surface area contributed by atoms with Gasteiger partial charge in [0, 0.05) is 24.6 Å². The highest BCUT2D eigenvalue weighted by molar-refractivity contribution is 6.00. The van der Waals surface area contributed by atoms with Crippen LogP contribution in [0.4, 0.5) is 0 Å². The highest BCUT2D eigenvalue weighted by atomic mass is 16.1. The van der Waals surface area contributed by atoms with Gasteiger partial charge in [0.1, 0.15) is 0 Å². The van der Waals surface area contributed by atoms with Gasteiger partial charge in [0.25, 0.3) is 0 Å². The van der Waals surface area contributed by atoms with Crippen molar-refractivity contribution < 1.29 is 4.79 Å². The third-order valence-electron chi connectivity index (χ3n) is 4.48. The molecule has 2 atom stereocenters. The van der Waals surface area contributed by atoms with Crippen LogP contribution in [0, 0.1) is 5.92 Å². The molecule has 1 saturated carbocycles. The van der Waals surface area contributed by atoms with E-state index in [1.807, 2.05) is 12.1 Å². The monoisotopic (exact) mass is 263 g/mol. The van der Waals surface area contributed by atoms with Crippen LogP contribution in [0.2, 0.25) is 0 Å². The number of carbonyl (C=O) groups is 1. The average molecular weight is 263 g/mol. The van der Waals surface area contributed by atoms with Gasteiger partial charge in [-0.15, -0.1) is 0 Å². The summed E-state index contributed by atoms with van der Waals surface area (Å²) >= 11 is 0. The molecule has 100 valence electrons. The molecule has 0 radical (unpaired) electrons. The molecule has 0 aromatic heterocycles. The van der Waals surface area contributed by atoms with Gasteiger partial charge in [-0.3, -0.25) is 4.79 Å². The van der Waals surface area contributed by atoms with Gasteiger partial charge in [-0.05, 0) is 35.1 Å². The van der Waals surface area contributed by atoms with Crippen molar-refractivity contribution >= 4 is 5.78 Å². The zero-order chi connectivity index (χ0) is 13.5. The average Bonchev–Trinajstić information content (AvgIpc) is 3.17. The van der Waals surface area contributed by atoms with Crippen molar-refractivity contribution in [1.82, 2.24) is 5.32 Å². The van der Waals surface area contributed by atoms with Gasteiger partial charge >= 0.3 is 0 Å².